The maximum Gasteiger partial charge on any atom is 0.377 e. The monoisotopic (exact) mass is 416 g/mol. The van der Waals surface area contributed by atoms with Gasteiger partial charge in [-0.25, -0.2) is 9.59 Å². The normalized spacial score (nSPS) is 19.0. The molecule has 0 aromatic heterocycles. The number of rotatable bonds is 10. The summed E-state index contributed by atoms with van der Waals surface area (Å²) in [6.07, 6.45) is 5.06. The molecule has 0 radical (unpaired) electrons. The van der Waals surface area contributed by atoms with E-state index in [-0.39, 0.29) is 37.4 Å². The molecular weight excluding hydrogens is 386 g/mol. The highest BCUT2D eigenvalue weighted by Crippen LogP contribution is 2.38. The van der Waals surface area contributed by atoms with Gasteiger partial charge in [0.05, 0.1) is 0 Å². The summed E-state index contributed by atoms with van der Waals surface area (Å²) in [7, 11) is 0. The minimum absolute atomic E-state index is 0.0925. The Morgan fingerprint density at radius 2 is 1.55 bits per heavy atom. The quantitative estimate of drug-likeness (QED) is 0.305. The van der Waals surface area contributed by atoms with Crippen molar-refractivity contribution in [3.63, 3.8) is 0 Å². The van der Waals surface area contributed by atoms with E-state index in [9.17, 15) is 23.2 Å². The third-order valence-electron chi connectivity index (χ3n) is 5.52. The molecule has 0 bridgehead atoms. The Morgan fingerprint density at radius 1 is 1.00 bits per heavy atom. The van der Waals surface area contributed by atoms with E-state index in [1.54, 1.807) is 0 Å². The number of carbonyl (C=O) groups excluding carboxylic acids is 3. The first-order valence-electron chi connectivity index (χ1n) is 10.3. The highest BCUT2D eigenvalue weighted by Gasteiger charge is 2.49. The Labute approximate surface area is 169 Å². The summed E-state index contributed by atoms with van der Waals surface area (Å²) in [5, 5.41) is 0. The lowest BCUT2D eigenvalue weighted by Crippen LogP contribution is -2.40. The van der Waals surface area contributed by atoms with Crippen LogP contribution in [0.4, 0.5) is 8.78 Å². The standard InChI is InChI=1S/C21H30F2O6/c1-14(2)19(25)29-17(12-27-18(24)11-15-7-3-4-8-15)13-28-20(26)21(22,23)16-9-5-6-10-16/h15-17H,1,3-13H2,2H3. The zero-order valence-corrected chi connectivity index (χ0v) is 16.9. The summed E-state index contributed by atoms with van der Waals surface area (Å²) in [5.74, 6) is -7.20. The van der Waals surface area contributed by atoms with Crippen molar-refractivity contribution in [1.29, 1.82) is 0 Å². The second kappa shape index (κ2) is 10.7. The summed E-state index contributed by atoms with van der Waals surface area (Å²) in [5.41, 5.74) is 0.0925. The van der Waals surface area contributed by atoms with Crippen molar-refractivity contribution in [2.75, 3.05) is 13.2 Å². The Morgan fingerprint density at radius 3 is 2.14 bits per heavy atom. The van der Waals surface area contributed by atoms with Crippen LogP contribution >= 0.6 is 0 Å². The first kappa shape index (κ1) is 23.3. The second-order valence-corrected chi connectivity index (χ2v) is 8.05. The Hall–Kier alpha value is -1.99. The molecule has 0 aliphatic heterocycles. The lowest BCUT2D eigenvalue weighted by molar-refractivity contribution is -0.186. The second-order valence-electron chi connectivity index (χ2n) is 8.05. The van der Waals surface area contributed by atoms with Crippen LogP contribution in [0.1, 0.15) is 64.7 Å². The minimum atomic E-state index is -3.58. The van der Waals surface area contributed by atoms with E-state index >= 15 is 0 Å². The molecule has 2 aliphatic carbocycles. The Balaban J connectivity index is 1.87. The lowest BCUT2D eigenvalue weighted by Gasteiger charge is -2.23. The fourth-order valence-corrected chi connectivity index (χ4v) is 3.78. The molecule has 1 atom stereocenters. The average molecular weight is 416 g/mol. The van der Waals surface area contributed by atoms with Crippen molar-refractivity contribution >= 4 is 17.9 Å². The van der Waals surface area contributed by atoms with E-state index in [0.717, 1.165) is 25.7 Å². The molecule has 0 amide bonds. The molecule has 2 fully saturated rings. The van der Waals surface area contributed by atoms with Gasteiger partial charge in [0.15, 0.2) is 6.10 Å². The van der Waals surface area contributed by atoms with Gasteiger partial charge in [-0.05, 0) is 38.5 Å². The SMILES string of the molecule is C=C(C)C(=O)OC(COC(=O)CC1CCCC1)COC(=O)C(F)(F)C1CCCC1. The molecule has 6 nitrogen and oxygen atoms in total. The van der Waals surface area contributed by atoms with Gasteiger partial charge in [-0.15, -0.1) is 0 Å². The van der Waals surface area contributed by atoms with E-state index in [2.05, 4.69) is 6.58 Å². The van der Waals surface area contributed by atoms with E-state index < -0.39 is 42.5 Å². The van der Waals surface area contributed by atoms with Crippen LogP contribution in [-0.4, -0.2) is 43.1 Å². The number of ether oxygens (including phenoxy) is 3. The maximum atomic E-state index is 14.2. The van der Waals surface area contributed by atoms with Gasteiger partial charge in [-0.3, -0.25) is 4.79 Å². The van der Waals surface area contributed by atoms with Crippen LogP contribution in [-0.2, 0) is 28.6 Å². The van der Waals surface area contributed by atoms with Crippen molar-refractivity contribution in [1.82, 2.24) is 0 Å². The third kappa shape index (κ3) is 7.08. The topological polar surface area (TPSA) is 78.9 Å². The van der Waals surface area contributed by atoms with Crippen LogP contribution in [0.2, 0.25) is 0 Å². The van der Waals surface area contributed by atoms with Gasteiger partial charge in [0.1, 0.15) is 13.2 Å². The number of carbonyl (C=O) groups is 3. The van der Waals surface area contributed by atoms with E-state index in [0.29, 0.717) is 12.8 Å². The number of hydrogen-bond donors (Lipinski definition) is 0. The Kier molecular flexibility index (Phi) is 8.59. The minimum Gasteiger partial charge on any atom is -0.462 e. The molecule has 29 heavy (non-hydrogen) atoms. The number of hydrogen-bond acceptors (Lipinski definition) is 6. The van der Waals surface area contributed by atoms with Crippen molar-refractivity contribution in [2.24, 2.45) is 11.8 Å². The third-order valence-corrected chi connectivity index (χ3v) is 5.52. The lowest BCUT2D eigenvalue weighted by atomic mass is 10.00. The first-order valence-corrected chi connectivity index (χ1v) is 10.3. The highest BCUT2D eigenvalue weighted by atomic mass is 19.3. The highest BCUT2D eigenvalue weighted by molar-refractivity contribution is 5.87. The van der Waals surface area contributed by atoms with Crippen LogP contribution in [0.3, 0.4) is 0 Å². The van der Waals surface area contributed by atoms with Crippen LogP contribution in [0.15, 0.2) is 12.2 Å². The molecule has 2 saturated carbocycles. The summed E-state index contributed by atoms with van der Waals surface area (Å²) in [4.78, 5) is 35.7. The molecule has 164 valence electrons. The molecule has 2 aliphatic rings. The van der Waals surface area contributed by atoms with E-state index in [4.69, 9.17) is 14.2 Å². The van der Waals surface area contributed by atoms with Crippen LogP contribution in [0, 0.1) is 11.8 Å². The zero-order valence-electron chi connectivity index (χ0n) is 16.9. The summed E-state index contributed by atoms with van der Waals surface area (Å²) in [6, 6.07) is 0. The molecule has 1 unspecified atom stereocenters. The maximum absolute atomic E-state index is 14.2. The van der Waals surface area contributed by atoms with Gasteiger partial charge >= 0.3 is 23.8 Å². The molecule has 0 N–H and O–H groups in total. The van der Waals surface area contributed by atoms with Gasteiger partial charge in [-0.1, -0.05) is 32.3 Å². The van der Waals surface area contributed by atoms with Crippen LogP contribution in [0.5, 0.6) is 0 Å². The van der Waals surface area contributed by atoms with Gasteiger partial charge in [0.25, 0.3) is 0 Å². The average Bonchev–Trinajstić information content (AvgIpc) is 3.37. The molecular formula is C21H30F2O6. The predicted molar refractivity (Wildman–Crippen MR) is 100 cm³/mol. The largest absolute Gasteiger partial charge is 0.462 e. The molecule has 8 heteroatoms. The fourth-order valence-electron chi connectivity index (χ4n) is 3.78. The van der Waals surface area contributed by atoms with Crippen LogP contribution < -0.4 is 0 Å². The van der Waals surface area contributed by atoms with Crippen molar-refractivity contribution in [3.05, 3.63) is 12.2 Å². The smallest absolute Gasteiger partial charge is 0.377 e. The van der Waals surface area contributed by atoms with Crippen LogP contribution in [0.25, 0.3) is 0 Å². The van der Waals surface area contributed by atoms with Gasteiger partial charge in [-0.2, -0.15) is 8.78 Å². The molecule has 0 aromatic rings. The fraction of sp³-hybridized carbons (Fsp3) is 0.762. The predicted octanol–water partition coefficient (Wildman–Crippen LogP) is 3.97. The molecule has 0 spiro atoms. The molecule has 0 heterocycles. The molecule has 0 saturated heterocycles. The van der Waals surface area contributed by atoms with Gasteiger partial charge in [0, 0.05) is 17.9 Å². The van der Waals surface area contributed by atoms with E-state index in [1.807, 2.05) is 0 Å². The van der Waals surface area contributed by atoms with Crippen molar-refractivity contribution in [3.8, 4) is 0 Å². The molecule has 2 rings (SSSR count). The Bertz CT molecular complexity index is 606. The number of esters is 3. The summed E-state index contributed by atoms with van der Waals surface area (Å²) in [6.45, 7) is 3.89. The number of alkyl halides is 2. The number of halogens is 2. The van der Waals surface area contributed by atoms with Crippen molar-refractivity contribution < 1.29 is 37.4 Å². The van der Waals surface area contributed by atoms with Gasteiger partial charge in [0.2, 0.25) is 0 Å². The first-order chi connectivity index (χ1) is 13.7. The summed E-state index contributed by atoms with van der Waals surface area (Å²) >= 11 is 0. The summed E-state index contributed by atoms with van der Waals surface area (Å²) < 4.78 is 43.4. The zero-order chi connectivity index (χ0) is 21.4. The van der Waals surface area contributed by atoms with E-state index in [1.165, 1.54) is 6.92 Å². The van der Waals surface area contributed by atoms with Gasteiger partial charge < -0.3 is 14.2 Å². The van der Waals surface area contributed by atoms with Crippen molar-refractivity contribution in [2.45, 2.75) is 76.7 Å². The molecule has 0 aromatic carbocycles.